The Bertz CT molecular complexity index is 728. The van der Waals surface area contributed by atoms with Crippen molar-refractivity contribution in [2.75, 3.05) is 26.2 Å². The van der Waals surface area contributed by atoms with Crippen LogP contribution in [0, 0.1) is 17.8 Å². The first-order chi connectivity index (χ1) is 12.7. The van der Waals surface area contributed by atoms with Gasteiger partial charge in [0.2, 0.25) is 5.91 Å². The summed E-state index contributed by atoms with van der Waals surface area (Å²) >= 11 is 0. The fourth-order valence-corrected chi connectivity index (χ4v) is 3.06. The monoisotopic (exact) mass is 371 g/mol. The molecule has 0 aliphatic carbocycles. The number of hydrogen-bond donors (Lipinski definition) is 3. The fourth-order valence-electron chi connectivity index (χ4n) is 3.06. The largest absolute Gasteiger partial charge is 0.378 e. The molecule has 2 rings (SSSR count). The minimum Gasteiger partial charge on any atom is -0.378 e. The molecular formula is C21H29N3O3. The van der Waals surface area contributed by atoms with Gasteiger partial charge in [-0.2, -0.15) is 0 Å². The second kappa shape index (κ2) is 9.54. The topological polar surface area (TPSA) is 95.7 Å². The van der Waals surface area contributed by atoms with E-state index in [1.165, 1.54) is 0 Å². The van der Waals surface area contributed by atoms with Crippen molar-refractivity contribution in [2.24, 2.45) is 11.7 Å². The van der Waals surface area contributed by atoms with Gasteiger partial charge in [0.15, 0.2) is 0 Å². The summed E-state index contributed by atoms with van der Waals surface area (Å²) in [4.78, 5) is 25.9. The molecule has 27 heavy (non-hydrogen) atoms. The van der Waals surface area contributed by atoms with Crippen molar-refractivity contribution in [1.82, 2.24) is 10.2 Å². The lowest BCUT2D eigenvalue weighted by Gasteiger charge is -2.31. The second-order valence-corrected chi connectivity index (χ2v) is 7.54. The van der Waals surface area contributed by atoms with Crippen LogP contribution in [-0.4, -0.2) is 53.6 Å². The normalized spacial score (nSPS) is 17.7. The van der Waals surface area contributed by atoms with Crippen LogP contribution in [0.2, 0.25) is 0 Å². The zero-order valence-electron chi connectivity index (χ0n) is 16.1. The maximum absolute atomic E-state index is 12.3. The van der Waals surface area contributed by atoms with Gasteiger partial charge in [-0.1, -0.05) is 17.9 Å². The summed E-state index contributed by atoms with van der Waals surface area (Å²) in [6, 6.07) is 7.05. The molecule has 1 saturated heterocycles. The molecule has 1 atom stereocenters. The molecule has 0 spiro atoms. The smallest absolute Gasteiger partial charge is 0.251 e. The Hall–Kier alpha value is -2.36. The Balaban J connectivity index is 1.79. The van der Waals surface area contributed by atoms with E-state index in [1.807, 2.05) is 0 Å². The van der Waals surface area contributed by atoms with Crippen molar-refractivity contribution >= 4 is 11.8 Å². The first-order valence-electron chi connectivity index (χ1n) is 9.40. The third-order valence-corrected chi connectivity index (χ3v) is 4.48. The number of primary amides is 1. The highest BCUT2D eigenvalue weighted by Gasteiger charge is 2.23. The number of carbonyl (C=O) groups excluding carboxylic acids is 2. The Kier molecular flexibility index (Phi) is 7.40. The van der Waals surface area contributed by atoms with Crippen LogP contribution in [0.4, 0.5) is 0 Å². The average molecular weight is 371 g/mol. The van der Waals surface area contributed by atoms with Crippen LogP contribution in [-0.2, 0) is 4.79 Å². The lowest BCUT2D eigenvalue weighted by molar-refractivity contribution is -0.123. The minimum atomic E-state index is -1.07. The molecule has 2 amide bonds. The van der Waals surface area contributed by atoms with Gasteiger partial charge in [0, 0.05) is 24.2 Å². The van der Waals surface area contributed by atoms with Crippen molar-refractivity contribution in [3.05, 3.63) is 35.4 Å². The van der Waals surface area contributed by atoms with Crippen molar-refractivity contribution in [2.45, 2.75) is 38.7 Å². The third kappa shape index (κ3) is 7.41. The molecule has 0 saturated carbocycles. The Morgan fingerprint density at radius 3 is 2.89 bits per heavy atom. The van der Waals surface area contributed by atoms with Gasteiger partial charge in [-0.25, -0.2) is 0 Å². The van der Waals surface area contributed by atoms with E-state index in [9.17, 15) is 14.7 Å². The number of rotatable bonds is 6. The van der Waals surface area contributed by atoms with Crippen LogP contribution in [0.1, 0.15) is 49.0 Å². The van der Waals surface area contributed by atoms with Crippen molar-refractivity contribution < 1.29 is 14.7 Å². The van der Waals surface area contributed by atoms with E-state index >= 15 is 0 Å². The van der Waals surface area contributed by atoms with Crippen molar-refractivity contribution in [3.8, 4) is 11.8 Å². The van der Waals surface area contributed by atoms with Gasteiger partial charge >= 0.3 is 0 Å². The molecule has 1 fully saturated rings. The third-order valence-electron chi connectivity index (χ3n) is 4.48. The van der Waals surface area contributed by atoms with Crippen LogP contribution in [0.15, 0.2) is 24.3 Å². The zero-order chi connectivity index (χ0) is 19.9. The number of nitrogens with zero attached hydrogens (tertiary/aromatic N) is 1. The van der Waals surface area contributed by atoms with Crippen molar-refractivity contribution in [1.29, 1.82) is 0 Å². The summed E-state index contributed by atoms with van der Waals surface area (Å²) in [5, 5.41) is 12.6. The molecule has 146 valence electrons. The van der Waals surface area contributed by atoms with E-state index in [0.29, 0.717) is 24.2 Å². The molecule has 6 heteroatoms. The molecular weight excluding hydrogens is 342 g/mol. The molecule has 1 aromatic carbocycles. The molecule has 1 heterocycles. The number of nitrogens with two attached hydrogens (primary N) is 1. The van der Waals surface area contributed by atoms with Crippen LogP contribution in [0.5, 0.6) is 0 Å². The standard InChI is InChI=1S/C21H29N3O3/c1-21(2,27)10-9-16-6-3-7-17(14-16)20(26)23-11-5-13-24-12-4-8-18(15-24)19(22)25/h3,6-7,14,18,27H,4-5,8,11-13,15H2,1-2H3,(H2,22,25)(H,23,26)/t18-/m1/s1. The lowest BCUT2D eigenvalue weighted by atomic mass is 9.97. The van der Waals surface area contributed by atoms with Gasteiger partial charge < -0.3 is 21.1 Å². The summed E-state index contributed by atoms with van der Waals surface area (Å²) in [5.74, 6) is 5.20. The highest BCUT2D eigenvalue weighted by molar-refractivity contribution is 5.94. The molecule has 0 radical (unpaired) electrons. The number of benzene rings is 1. The van der Waals surface area contributed by atoms with E-state index in [4.69, 9.17) is 5.73 Å². The van der Waals surface area contributed by atoms with E-state index in [2.05, 4.69) is 22.1 Å². The van der Waals surface area contributed by atoms with Gasteiger partial charge in [0.25, 0.3) is 5.91 Å². The van der Waals surface area contributed by atoms with Gasteiger partial charge in [0.1, 0.15) is 5.60 Å². The number of nitrogens with one attached hydrogen (secondary N) is 1. The molecule has 1 aliphatic heterocycles. The second-order valence-electron chi connectivity index (χ2n) is 7.54. The zero-order valence-corrected chi connectivity index (χ0v) is 16.1. The van der Waals surface area contributed by atoms with Gasteiger partial charge in [-0.05, 0) is 64.4 Å². The van der Waals surface area contributed by atoms with Gasteiger partial charge in [-0.15, -0.1) is 0 Å². The van der Waals surface area contributed by atoms with Crippen LogP contribution >= 0.6 is 0 Å². The number of likely N-dealkylation sites (tertiary alicyclic amines) is 1. The lowest BCUT2D eigenvalue weighted by Crippen LogP contribution is -2.42. The van der Waals surface area contributed by atoms with E-state index in [0.717, 1.165) is 32.4 Å². The molecule has 6 nitrogen and oxygen atoms in total. The number of hydrogen-bond acceptors (Lipinski definition) is 4. The van der Waals surface area contributed by atoms with Gasteiger partial charge in [-0.3, -0.25) is 9.59 Å². The first kappa shape index (κ1) is 20.9. The molecule has 0 aromatic heterocycles. The van der Waals surface area contributed by atoms with Crippen molar-refractivity contribution in [3.63, 3.8) is 0 Å². The molecule has 1 aliphatic rings. The summed E-state index contributed by atoms with van der Waals surface area (Å²) in [5.41, 5.74) is 5.57. The Morgan fingerprint density at radius 2 is 2.19 bits per heavy atom. The van der Waals surface area contributed by atoms with Gasteiger partial charge in [0.05, 0.1) is 5.92 Å². The van der Waals surface area contributed by atoms with Crippen LogP contribution in [0.3, 0.4) is 0 Å². The first-order valence-corrected chi connectivity index (χ1v) is 9.40. The van der Waals surface area contributed by atoms with Crippen LogP contribution in [0.25, 0.3) is 0 Å². The number of piperidine rings is 1. The minimum absolute atomic E-state index is 0.0545. The molecule has 1 aromatic rings. The predicted octanol–water partition coefficient (Wildman–Crippen LogP) is 1.13. The summed E-state index contributed by atoms with van der Waals surface area (Å²) in [7, 11) is 0. The summed E-state index contributed by atoms with van der Waals surface area (Å²) in [6.07, 6.45) is 2.67. The quantitative estimate of drug-likeness (QED) is 0.516. The highest BCUT2D eigenvalue weighted by atomic mass is 16.3. The fraction of sp³-hybridized carbons (Fsp3) is 0.524. The maximum Gasteiger partial charge on any atom is 0.251 e. The Labute approximate surface area is 161 Å². The summed E-state index contributed by atoms with van der Waals surface area (Å²) in [6.45, 7) is 6.32. The SMILES string of the molecule is CC(C)(O)C#Cc1cccc(C(=O)NCCCN2CCC[C@@H](C(N)=O)C2)c1. The predicted molar refractivity (Wildman–Crippen MR) is 105 cm³/mol. The maximum atomic E-state index is 12.3. The molecule has 0 unspecified atom stereocenters. The Morgan fingerprint density at radius 1 is 1.41 bits per heavy atom. The van der Waals surface area contributed by atoms with E-state index in [1.54, 1.807) is 38.1 Å². The number of carbonyl (C=O) groups is 2. The van der Waals surface area contributed by atoms with E-state index < -0.39 is 5.60 Å². The molecule has 4 N–H and O–H groups in total. The highest BCUT2D eigenvalue weighted by Crippen LogP contribution is 2.15. The summed E-state index contributed by atoms with van der Waals surface area (Å²) < 4.78 is 0. The van der Waals surface area contributed by atoms with Crippen LogP contribution < -0.4 is 11.1 Å². The molecule has 0 bridgehead atoms. The number of aliphatic hydroxyl groups is 1. The number of amides is 2. The average Bonchev–Trinajstić information content (AvgIpc) is 2.63. The van der Waals surface area contributed by atoms with E-state index in [-0.39, 0.29) is 17.7 Å².